The summed E-state index contributed by atoms with van der Waals surface area (Å²) >= 11 is 0. The first-order valence-corrected chi connectivity index (χ1v) is 8.85. The van der Waals surface area contributed by atoms with E-state index in [0.29, 0.717) is 41.3 Å². The van der Waals surface area contributed by atoms with Crippen molar-refractivity contribution in [2.75, 3.05) is 6.61 Å². The Morgan fingerprint density at radius 2 is 1.81 bits per heavy atom. The lowest BCUT2D eigenvalue weighted by Gasteiger charge is -2.11. The molecule has 2 aromatic heterocycles. The van der Waals surface area contributed by atoms with Gasteiger partial charge in [-0.15, -0.1) is 0 Å². The van der Waals surface area contributed by atoms with Gasteiger partial charge in [0, 0.05) is 36.0 Å². The molecule has 4 rings (SSSR count). The molecule has 0 bridgehead atoms. The number of aromatic nitrogens is 3. The molecule has 0 aliphatic heterocycles. The Kier molecular flexibility index (Phi) is 4.56. The molecule has 1 aliphatic carbocycles. The number of halogens is 2. The molecule has 2 unspecified atom stereocenters. The molecule has 3 aromatic rings. The van der Waals surface area contributed by atoms with Gasteiger partial charge in [-0.05, 0) is 49.6 Å². The summed E-state index contributed by atoms with van der Waals surface area (Å²) in [7, 11) is 0. The van der Waals surface area contributed by atoms with Crippen LogP contribution in [-0.4, -0.2) is 21.6 Å². The third-order valence-electron chi connectivity index (χ3n) is 4.72. The van der Waals surface area contributed by atoms with Gasteiger partial charge in [0.05, 0.1) is 12.2 Å². The van der Waals surface area contributed by atoms with Crippen LogP contribution in [0.2, 0.25) is 0 Å². The van der Waals surface area contributed by atoms with Crippen LogP contribution in [0, 0.1) is 31.4 Å². The molecule has 0 radical (unpaired) electrons. The highest BCUT2D eigenvalue weighted by Gasteiger charge is 2.40. The van der Waals surface area contributed by atoms with Crippen molar-refractivity contribution in [3.05, 3.63) is 71.4 Å². The second-order valence-corrected chi connectivity index (χ2v) is 6.97. The molecule has 27 heavy (non-hydrogen) atoms. The van der Waals surface area contributed by atoms with E-state index in [9.17, 15) is 8.78 Å². The van der Waals surface area contributed by atoms with Crippen molar-refractivity contribution in [1.29, 1.82) is 0 Å². The Bertz CT molecular complexity index is 955. The first-order valence-electron chi connectivity index (χ1n) is 8.85. The number of benzene rings is 1. The maximum absolute atomic E-state index is 13.6. The minimum absolute atomic E-state index is 0.343. The highest BCUT2D eigenvalue weighted by atomic mass is 19.1. The van der Waals surface area contributed by atoms with E-state index in [1.54, 1.807) is 6.92 Å². The molecule has 138 valence electrons. The van der Waals surface area contributed by atoms with Crippen molar-refractivity contribution in [3.8, 4) is 17.0 Å². The van der Waals surface area contributed by atoms with E-state index in [1.807, 2.05) is 13.1 Å². The monoisotopic (exact) mass is 367 g/mol. The minimum Gasteiger partial charge on any atom is -0.477 e. The van der Waals surface area contributed by atoms with E-state index in [4.69, 9.17) is 4.74 Å². The second kappa shape index (κ2) is 7.02. The zero-order valence-electron chi connectivity index (χ0n) is 15.1. The average Bonchev–Trinajstić information content (AvgIpc) is 3.39. The van der Waals surface area contributed by atoms with Crippen LogP contribution in [0.1, 0.15) is 29.4 Å². The Hall–Kier alpha value is -2.89. The zero-order valence-corrected chi connectivity index (χ0v) is 15.1. The fourth-order valence-electron chi connectivity index (χ4n) is 3.15. The molecule has 1 fully saturated rings. The first-order chi connectivity index (χ1) is 13.0. The number of pyridine rings is 1. The topological polar surface area (TPSA) is 47.9 Å². The normalized spacial score (nSPS) is 18.4. The summed E-state index contributed by atoms with van der Waals surface area (Å²) in [5, 5.41) is 0. The van der Waals surface area contributed by atoms with E-state index in [1.165, 1.54) is 18.3 Å². The maximum atomic E-state index is 13.6. The Balaban J connectivity index is 1.51. The summed E-state index contributed by atoms with van der Waals surface area (Å²) < 4.78 is 33.1. The van der Waals surface area contributed by atoms with E-state index in [2.05, 4.69) is 27.1 Å². The van der Waals surface area contributed by atoms with Crippen LogP contribution in [0.25, 0.3) is 11.1 Å². The number of ether oxygens (including phenoxy) is 1. The van der Waals surface area contributed by atoms with Crippen LogP contribution in [0.3, 0.4) is 0 Å². The first kappa shape index (κ1) is 17.5. The van der Waals surface area contributed by atoms with Crippen molar-refractivity contribution < 1.29 is 13.5 Å². The number of rotatable bonds is 5. The van der Waals surface area contributed by atoms with Crippen molar-refractivity contribution in [3.63, 3.8) is 0 Å². The highest BCUT2D eigenvalue weighted by Crippen LogP contribution is 2.47. The quantitative estimate of drug-likeness (QED) is 0.660. The number of hydrogen-bond acceptors (Lipinski definition) is 4. The lowest BCUT2D eigenvalue weighted by Crippen LogP contribution is -2.06. The minimum atomic E-state index is -0.649. The van der Waals surface area contributed by atoms with Crippen LogP contribution in [0.5, 0.6) is 5.88 Å². The largest absolute Gasteiger partial charge is 0.477 e. The SMILES string of the molecule is Cc1ccc(C2CC2COc2nc(C)ncc2-c2cc(F)cc(F)c2)nc1. The van der Waals surface area contributed by atoms with Gasteiger partial charge in [-0.2, -0.15) is 4.98 Å². The van der Waals surface area contributed by atoms with Crippen LogP contribution in [0.15, 0.2) is 42.7 Å². The fraction of sp³-hybridized carbons (Fsp3) is 0.286. The van der Waals surface area contributed by atoms with Crippen LogP contribution < -0.4 is 4.74 Å². The summed E-state index contributed by atoms with van der Waals surface area (Å²) in [6, 6.07) is 7.45. The van der Waals surface area contributed by atoms with Gasteiger partial charge in [-0.1, -0.05) is 6.07 Å². The van der Waals surface area contributed by atoms with Gasteiger partial charge in [0.2, 0.25) is 5.88 Å². The van der Waals surface area contributed by atoms with Crippen LogP contribution >= 0.6 is 0 Å². The molecule has 4 nitrogen and oxygen atoms in total. The summed E-state index contributed by atoms with van der Waals surface area (Å²) in [5.41, 5.74) is 3.04. The molecule has 1 aromatic carbocycles. The van der Waals surface area contributed by atoms with Gasteiger partial charge in [-0.25, -0.2) is 13.8 Å². The maximum Gasteiger partial charge on any atom is 0.224 e. The van der Waals surface area contributed by atoms with Crippen molar-refractivity contribution in [2.24, 2.45) is 5.92 Å². The Morgan fingerprint density at radius 1 is 1.04 bits per heavy atom. The molecule has 0 spiro atoms. The second-order valence-electron chi connectivity index (χ2n) is 6.97. The fourth-order valence-corrected chi connectivity index (χ4v) is 3.15. The zero-order chi connectivity index (χ0) is 19.0. The average molecular weight is 367 g/mol. The van der Waals surface area contributed by atoms with Gasteiger partial charge >= 0.3 is 0 Å². The summed E-state index contributed by atoms with van der Waals surface area (Å²) in [6.45, 7) is 4.24. The predicted octanol–water partition coefficient (Wildman–Crippen LogP) is 4.62. The van der Waals surface area contributed by atoms with E-state index < -0.39 is 11.6 Å². The molecule has 0 saturated heterocycles. The lowest BCUT2D eigenvalue weighted by molar-refractivity contribution is 0.285. The van der Waals surface area contributed by atoms with Crippen LogP contribution in [0.4, 0.5) is 8.78 Å². The van der Waals surface area contributed by atoms with Gasteiger partial charge in [0.25, 0.3) is 0 Å². The number of hydrogen-bond donors (Lipinski definition) is 0. The van der Waals surface area contributed by atoms with Gasteiger partial charge in [-0.3, -0.25) is 4.98 Å². The third kappa shape index (κ3) is 3.94. The molecular formula is C21H19F2N3O. The summed E-state index contributed by atoms with van der Waals surface area (Å²) in [5.74, 6) is 0.317. The van der Waals surface area contributed by atoms with E-state index in [-0.39, 0.29) is 0 Å². The van der Waals surface area contributed by atoms with Gasteiger partial charge < -0.3 is 4.74 Å². The Morgan fingerprint density at radius 3 is 2.52 bits per heavy atom. The molecular weight excluding hydrogens is 348 g/mol. The third-order valence-corrected chi connectivity index (χ3v) is 4.72. The Labute approximate surface area is 156 Å². The predicted molar refractivity (Wildman–Crippen MR) is 97.4 cm³/mol. The standard InChI is InChI=1S/C21H19F2N3O/c1-12-3-4-20(25-9-12)18-7-15(18)11-27-21-19(10-24-13(2)26-21)14-5-16(22)8-17(23)6-14/h3-6,8-10,15,18H,7,11H2,1-2H3. The van der Waals surface area contributed by atoms with E-state index in [0.717, 1.165) is 23.7 Å². The summed E-state index contributed by atoms with van der Waals surface area (Å²) in [6.07, 6.45) is 4.41. The van der Waals surface area contributed by atoms with Crippen molar-refractivity contribution in [2.45, 2.75) is 26.2 Å². The van der Waals surface area contributed by atoms with Crippen molar-refractivity contribution >= 4 is 0 Å². The van der Waals surface area contributed by atoms with Crippen molar-refractivity contribution in [1.82, 2.24) is 15.0 Å². The summed E-state index contributed by atoms with van der Waals surface area (Å²) in [4.78, 5) is 12.9. The van der Waals surface area contributed by atoms with Gasteiger partial charge in [0.1, 0.15) is 17.5 Å². The lowest BCUT2D eigenvalue weighted by atomic mass is 10.1. The molecule has 2 heterocycles. The number of nitrogens with zero attached hydrogens (tertiary/aromatic N) is 3. The van der Waals surface area contributed by atoms with Crippen LogP contribution in [-0.2, 0) is 0 Å². The molecule has 2 atom stereocenters. The smallest absolute Gasteiger partial charge is 0.224 e. The van der Waals surface area contributed by atoms with Gasteiger partial charge in [0.15, 0.2) is 0 Å². The molecule has 6 heteroatoms. The molecule has 1 aliphatic rings. The van der Waals surface area contributed by atoms with E-state index >= 15 is 0 Å². The molecule has 1 saturated carbocycles. The molecule has 0 N–H and O–H groups in total. The number of aryl methyl sites for hydroxylation is 2. The highest BCUT2D eigenvalue weighted by molar-refractivity contribution is 5.67. The molecule has 0 amide bonds.